The molecule has 0 spiro atoms. The Hall–Kier alpha value is -0.830. The third-order valence-electron chi connectivity index (χ3n) is 2.98. The summed E-state index contributed by atoms with van der Waals surface area (Å²) in [6.07, 6.45) is 6.43. The van der Waals surface area contributed by atoms with Gasteiger partial charge in [0.15, 0.2) is 0 Å². The van der Waals surface area contributed by atoms with E-state index in [4.69, 9.17) is 5.73 Å². The topological polar surface area (TPSA) is 54.7 Å². The van der Waals surface area contributed by atoms with Crippen LogP contribution in [0, 0.1) is 0 Å². The Labute approximate surface area is 92.5 Å². The summed E-state index contributed by atoms with van der Waals surface area (Å²) < 4.78 is 0. The number of unbranched alkanes of at least 4 members (excludes halogenated alkanes) is 1. The molecule has 0 fully saturated rings. The third kappa shape index (κ3) is 3.34. The minimum absolute atomic E-state index is 0.0720. The Morgan fingerprint density at radius 2 is 2.20 bits per heavy atom. The minimum Gasteiger partial charge on any atom is -0.344 e. The smallest absolute Gasteiger partial charge is 0.123 e. The average Bonchev–Trinajstić information content (AvgIpc) is 2.74. The molecule has 1 heterocycles. The number of nitrogens with two attached hydrogens (primary N) is 1. The van der Waals surface area contributed by atoms with Crippen molar-refractivity contribution >= 4 is 0 Å². The second-order valence-corrected chi connectivity index (χ2v) is 4.28. The molecule has 2 atom stereocenters. The lowest BCUT2D eigenvalue weighted by Gasteiger charge is -2.08. The van der Waals surface area contributed by atoms with Crippen LogP contribution in [0.2, 0.25) is 0 Å². The molecular formula is C12H23N3. The number of hydrogen-bond donors (Lipinski definition) is 2. The quantitative estimate of drug-likeness (QED) is 0.756. The van der Waals surface area contributed by atoms with Crippen molar-refractivity contribution in [3.05, 3.63) is 17.7 Å². The second kappa shape index (κ2) is 5.91. The van der Waals surface area contributed by atoms with Crippen LogP contribution in [0.1, 0.15) is 69.9 Å². The highest BCUT2D eigenvalue weighted by atomic mass is 15.0. The Morgan fingerprint density at radius 1 is 1.47 bits per heavy atom. The highest BCUT2D eigenvalue weighted by Gasteiger charge is 2.11. The van der Waals surface area contributed by atoms with Crippen LogP contribution in [0.5, 0.6) is 0 Å². The Kier molecular flexibility index (Phi) is 4.82. The normalized spacial score (nSPS) is 15.2. The number of rotatable bonds is 6. The Morgan fingerprint density at radius 3 is 2.80 bits per heavy atom. The summed E-state index contributed by atoms with van der Waals surface area (Å²) in [5, 5.41) is 0. The van der Waals surface area contributed by atoms with E-state index in [2.05, 4.69) is 30.7 Å². The van der Waals surface area contributed by atoms with Crippen molar-refractivity contribution in [2.24, 2.45) is 5.73 Å². The molecule has 0 radical (unpaired) electrons. The molecule has 0 amide bonds. The maximum Gasteiger partial charge on any atom is 0.123 e. The molecule has 0 saturated carbocycles. The first kappa shape index (κ1) is 12.2. The number of aromatic amines is 1. The first-order chi connectivity index (χ1) is 7.19. The van der Waals surface area contributed by atoms with Gasteiger partial charge in [0.05, 0.1) is 6.04 Å². The molecule has 86 valence electrons. The zero-order valence-corrected chi connectivity index (χ0v) is 10.1. The molecule has 3 nitrogen and oxygen atoms in total. The predicted molar refractivity (Wildman–Crippen MR) is 63.7 cm³/mol. The highest BCUT2D eigenvalue weighted by molar-refractivity contribution is 5.08. The van der Waals surface area contributed by atoms with Gasteiger partial charge in [-0.05, 0) is 18.8 Å². The zero-order valence-electron chi connectivity index (χ0n) is 10.1. The molecule has 3 N–H and O–H groups in total. The molecule has 1 rings (SSSR count). The number of aromatic nitrogens is 2. The van der Waals surface area contributed by atoms with Gasteiger partial charge in [-0.1, -0.05) is 33.6 Å². The lowest BCUT2D eigenvalue weighted by molar-refractivity contribution is 0.577. The van der Waals surface area contributed by atoms with Gasteiger partial charge >= 0.3 is 0 Å². The van der Waals surface area contributed by atoms with Crippen molar-refractivity contribution in [3.8, 4) is 0 Å². The highest BCUT2D eigenvalue weighted by Crippen LogP contribution is 2.19. The number of nitrogens with zero attached hydrogens (tertiary/aromatic N) is 1. The van der Waals surface area contributed by atoms with E-state index in [1.807, 2.05) is 6.20 Å². The first-order valence-electron chi connectivity index (χ1n) is 5.99. The number of imidazole rings is 1. The van der Waals surface area contributed by atoms with E-state index in [-0.39, 0.29) is 6.04 Å². The van der Waals surface area contributed by atoms with Crippen LogP contribution >= 0.6 is 0 Å². The molecule has 15 heavy (non-hydrogen) atoms. The molecule has 0 aromatic carbocycles. The van der Waals surface area contributed by atoms with Gasteiger partial charge in [0.25, 0.3) is 0 Å². The lowest BCUT2D eigenvalue weighted by Crippen LogP contribution is -2.12. The van der Waals surface area contributed by atoms with Gasteiger partial charge in [-0.25, -0.2) is 4.98 Å². The second-order valence-electron chi connectivity index (χ2n) is 4.28. The summed E-state index contributed by atoms with van der Waals surface area (Å²) in [6, 6.07) is 0.0720. The zero-order chi connectivity index (χ0) is 11.3. The van der Waals surface area contributed by atoms with Crippen LogP contribution in [0.4, 0.5) is 0 Å². The largest absolute Gasteiger partial charge is 0.344 e. The number of H-pyrrole nitrogens is 1. The molecule has 1 aromatic rings. The number of hydrogen-bond acceptors (Lipinski definition) is 2. The lowest BCUT2D eigenvalue weighted by atomic mass is 10.1. The molecule has 3 heteroatoms. The predicted octanol–water partition coefficient (Wildman–Crippen LogP) is 3.11. The molecule has 0 bridgehead atoms. The van der Waals surface area contributed by atoms with E-state index in [9.17, 15) is 0 Å². The summed E-state index contributed by atoms with van der Waals surface area (Å²) in [6.45, 7) is 6.57. The van der Waals surface area contributed by atoms with Crippen LogP contribution in [0.3, 0.4) is 0 Å². The van der Waals surface area contributed by atoms with Gasteiger partial charge < -0.3 is 10.7 Å². The molecule has 0 aliphatic heterocycles. The fourth-order valence-corrected chi connectivity index (χ4v) is 1.57. The van der Waals surface area contributed by atoms with Gasteiger partial charge in [-0.2, -0.15) is 0 Å². The van der Waals surface area contributed by atoms with Crippen LogP contribution in [0.25, 0.3) is 0 Å². The monoisotopic (exact) mass is 209 g/mol. The molecule has 0 saturated heterocycles. The molecule has 2 unspecified atom stereocenters. The summed E-state index contributed by atoms with van der Waals surface area (Å²) in [7, 11) is 0. The van der Waals surface area contributed by atoms with E-state index in [0.717, 1.165) is 18.7 Å². The van der Waals surface area contributed by atoms with Crippen LogP contribution in [0.15, 0.2) is 6.20 Å². The molecule has 0 aliphatic carbocycles. The maximum absolute atomic E-state index is 6.04. The minimum atomic E-state index is 0.0720. The van der Waals surface area contributed by atoms with Gasteiger partial charge in [-0.3, -0.25) is 0 Å². The molecule has 0 aliphatic rings. The van der Waals surface area contributed by atoms with Crippen molar-refractivity contribution < 1.29 is 0 Å². The van der Waals surface area contributed by atoms with Gasteiger partial charge in [0, 0.05) is 11.9 Å². The Bertz CT molecular complexity index is 280. The number of nitrogens with one attached hydrogen (secondary N) is 1. The van der Waals surface area contributed by atoms with Crippen molar-refractivity contribution in [3.63, 3.8) is 0 Å². The third-order valence-corrected chi connectivity index (χ3v) is 2.98. The van der Waals surface area contributed by atoms with Crippen molar-refractivity contribution in [2.75, 3.05) is 0 Å². The first-order valence-corrected chi connectivity index (χ1v) is 5.99. The van der Waals surface area contributed by atoms with E-state index < -0.39 is 0 Å². The van der Waals surface area contributed by atoms with Crippen LogP contribution < -0.4 is 5.73 Å². The van der Waals surface area contributed by atoms with Gasteiger partial charge in [0.2, 0.25) is 0 Å². The summed E-state index contributed by atoms with van der Waals surface area (Å²) >= 11 is 0. The van der Waals surface area contributed by atoms with E-state index >= 15 is 0 Å². The SMILES string of the molecule is CCCCC(N)c1ncc(C(C)CC)[nH]1. The Balaban J connectivity index is 2.58. The van der Waals surface area contributed by atoms with Gasteiger partial charge in [0.1, 0.15) is 5.82 Å². The van der Waals surface area contributed by atoms with Crippen LogP contribution in [-0.2, 0) is 0 Å². The van der Waals surface area contributed by atoms with E-state index in [1.165, 1.54) is 18.5 Å². The summed E-state index contributed by atoms with van der Waals surface area (Å²) in [5.74, 6) is 1.49. The molecular weight excluding hydrogens is 186 g/mol. The van der Waals surface area contributed by atoms with Crippen LogP contribution in [-0.4, -0.2) is 9.97 Å². The average molecular weight is 209 g/mol. The van der Waals surface area contributed by atoms with Crippen molar-refractivity contribution in [1.29, 1.82) is 0 Å². The fourth-order valence-electron chi connectivity index (χ4n) is 1.57. The van der Waals surface area contributed by atoms with Gasteiger partial charge in [-0.15, -0.1) is 0 Å². The summed E-state index contributed by atoms with van der Waals surface area (Å²) in [5.41, 5.74) is 7.25. The maximum atomic E-state index is 6.04. The standard InChI is InChI=1S/C12H23N3/c1-4-6-7-10(13)12-14-8-11(15-12)9(3)5-2/h8-10H,4-7,13H2,1-3H3,(H,14,15). The summed E-state index contributed by atoms with van der Waals surface area (Å²) in [4.78, 5) is 7.69. The van der Waals surface area contributed by atoms with Crippen molar-refractivity contribution in [1.82, 2.24) is 9.97 Å². The molecule has 1 aromatic heterocycles. The fraction of sp³-hybridized carbons (Fsp3) is 0.750. The van der Waals surface area contributed by atoms with E-state index in [1.54, 1.807) is 0 Å². The van der Waals surface area contributed by atoms with Crippen molar-refractivity contribution in [2.45, 2.75) is 58.4 Å². The van der Waals surface area contributed by atoms with E-state index in [0.29, 0.717) is 5.92 Å².